The van der Waals surface area contributed by atoms with Crippen molar-refractivity contribution in [3.05, 3.63) is 0 Å². The third-order valence-corrected chi connectivity index (χ3v) is 12.7. The van der Waals surface area contributed by atoms with Crippen LogP contribution in [0.25, 0.3) is 0 Å². The molecule has 2 saturated heterocycles. The highest BCUT2D eigenvalue weighted by atomic mass is 32.2. The Balaban J connectivity index is 0.000000365. The molecule has 0 saturated carbocycles. The Hall–Kier alpha value is 0.960. The molecule has 0 radical (unpaired) electrons. The van der Waals surface area contributed by atoms with Gasteiger partial charge in [0.15, 0.2) is 8.03 Å². The van der Waals surface area contributed by atoms with Crippen LogP contribution in [-0.4, -0.2) is 61.8 Å². The van der Waals surface area contributed by atoms with E-state index in [1.165, 1.54) is 0 Å². The van der Waals surface area contributed by atoms with Gasteiger partial charge in [0.25, 0.3) is 0 Å². The fourth-order valence-electron chi connectivity index (χ4n) is 4.46. The van der Waals surface area contributed by atoms with Crippen LogP contribution in [0.5, 0.6) is 0 Å². The van der Waals surface area contributed by atoms with Gasteiger partial charge in [-0.15, -0.1) is 23.5 Å². The molecule has 2 aliphatic rings. The maximum Gasteiger partial charge on any atom is 0.332 e. The summed E-state index contributed by atoms with van der Waals surface area (Å²) < 4.78 is 34.6. The number of hydrogen-bond acceptors (Lipinski definition) is 8. The lowest BCUT2D eigenvalue weighted by Gasteiger charge is -2.32. The summed E-state index contributed by atoms with van der Waals surface area (Å²) in [6, 6.07) is 0.248. The summed E-state index contributed by atoms with van der Waals surface area (Å²) in [6.45, 7) is 25.9. The summed E-state index contributed by atoms with van der Waals surface area (Å²) >= 11 is 3.76. The van der Waals surface area contributed by atoms with Crippen LogP contribution in [-0.2, 0) is 18.2 Å². The molecule has 0 aromatic heterocycles. The molecule has 11 heteroatoms. The fourth-order valence-corrected chi connectivity index (χ4v) is 11.0. The van der Waals surface area contributed by atoms with E-state index in [0.717, 1.165) is 0 Å². The molecule has 0 bridgehead atoms. The Morgan fingerprint density at radius 1 is 1.06 bits per heavy atom. The van der Waals surface area contributed by atoms with Crippen LogP contribution in [0.4, 0.5) is 0 Å². The lowest BCUT2D eigenvalue weighted by Crippen LogP contribution is -2.46. The molecule has 2 fully saturated rings. The molecule has 35 heavy (non-hydrogen) atoms. The third-order valence-electron chi connectivity index (χ3n) is 6.27. The van der Waals surface area contributed by atoms with Crippen molar-refractivity contribution in [3.63, 3.8) is 0 Å². The molecule has 0 aliphatic carbocycles. The van der Waals surface area contributed by atoms with Gasteiger partial charge in [0.2, 0.25) is 0 Å². The topological polar surface area (TPSA) is 96.9 Å². The summed E-state index contributed by atoms with van der Waals surface area (Å²) in [5, 5.41) is 7.36. The van der Waals surface area contributed by atoms with E-state index in [1.54, 1.807) is 0 Å². The Labute approximate surface area is 224 Å². The molecule has 6 atom stereocenters. The smallest absolute Gasteiger partial charge is 0.331 e. The molecule has 2 aliphatic heterocycles. The maximum absolute atomic E-state index is 12.5. The van der Waals surface area contributed by atoms with E-state index < -0.39 is 21.3 Å². The Kier molecular flexibility index (Phi) is 13.0. The van der Waals surface area contributed by atoms with Crippen LogP contribution < -0.4 is 10.6 Å². The Bertz CT molecular complexity index is 749. The van der Waals surface area contributed by atoms with Gasteiger partial charge in [0, 0.05) is 27.7 Å². The molecule has 210 valence electrons. The first-order valence-electron chi connectivity index (χ1n) is 12.8. The third kappa shape index (κ3) is 10.6. The van der Waals surface area contributed by atoms with Crippen LogP contribution in [0.3, 0.4) is 0 Å². The summed E-state index contributed by atoms with van der Waals surface area (Å²) in [4.78, 5) is 10.3. The minimum absolute atomic E-state index is 0.0251. The number of thioether (sulfide) groups is 2. The van der Waals surface area contributed by atoms with Crippen molar-refractivity contribution in [2.45, 2.75) is 121 Å². The lowest BCUT2D eigenvalue weighted by atomic mass is 10.00. The standard InChI is InChI=1S/C14H30NO3PS.C10H22NO2PS/c1-9(2)8-18-19(16,17)11(5)12-14(6,7)20-13(15-12)10(3)4;1-6-13-14(12)7-8-9(2,3)15-10(4,5)11-8/h9-13,15H,8H2,1-7H3,(H,16,17);8,11,14H,6-7H2,1-5H3. The quantitative estimate of drug-likeness (QED) is 0.256. The van der Waals surface area contributed by atoms with Crippen molar-refractivity contribution in [3.8, 4) is 0 Å². The molecule has 0 aromatic rings. The first kappa shape index (κ1) is 34.0. The van der Waals surface area contributed by atoms with E-state index >= 15 is 0 Å². The maximum atomic E-state index is 12.5. The van der Waals surface area contributed by atoms with Gasteiger partial charge in [-0.2, -0.15) is 0 Å². The van der Waals surface area contributed by atoms with E-state index in [9.17, 15) is 14.0 Å². The number of rotatable bonds is 10. The van der Waals surface area contributed by atoms with E-state index in [-0.39, 0.29) is 32.4 Å². The van der Waals surface area contributed by atoms with Crippen molar-refractivity contribution in [2.75, 3.05) is 19.4 Å². The van der Waals surface area contributed by atoms with Crippen molar-refractivity contribution >= 4 is 39.1 Å². The van der Waals surface area contributed by atoms with Gasteiger partial charge in [-0.05, 0) is 67.2 Å². The zero-order chi connectivity index (χ0) is 27.4. The summed E-state index contributed by atoms with van der Waals surface area (Å²) in [6.07, 6.45) is 0.641. The van der Waals surface area contributed by atoms with Crippen molar-refractivity contribution in [1.82, 2.24) is 10.6 Å². The van der Waals surface area contributed by atoms with Crippen LogP contribution in [0, 0.1) is 11.8 Å². The van der Waals surface area contributed by atoms with Crippen LogP contribution >= 0.6 is 39.1 Å². The van der Waals surface area contributed by atoms with Crippen molar-refractivity contribution in [2.24, 2.45) is 11.8 Å². The highest BCUT2D eigenvalue weighted by molar-refractivity contribution is 8.02. The second kappa shape index (κ2) is 13.3. The minimum atomic E-state index is -3.60. The predicted octanol–water partition coefficient (Wildman–Crippen LogP) is 6.42. The van der Waals surface area contributed by atoms with E-state index in [1.807, 2.05) is 51.2 Å². The zero-order valence-corrected chi connectivity index (χ0v) is 27.5. The monoisotopic (exact) mass is 574 g/mol. The van der Waals surface area contributed by atoms with Gasteiger partial charge in [-0.3, -0.25) is 14.4 Å². The van der Waals surface area contributed by atoms with Gasteiger partial charge in [0.1, 0.15) is 0 Å². The van der Waals surface area contributed by atoms with Crippen LogP contribution in [0.15, 0.2) is 0 Å². The average Bonchev–Trinajstić information content (AvgIpc) is 3.10. The second-order valence-electron chi connectivity index (χ2n) is 11.9. The molecule has 0 amide bonds. The largest absolute Gasteiger partial charge is 0.332 e. The highest BCUT2D eigenvalue weighted by Gasteiger charge is 2.49. The summed E-state index contributed by atoms with van der Waals surface area (Å²) in [5.74, 6) is 0.746. The average molecular weight is 575 g/mol. The molecule has 2 rings (SSSR count). The van der Waals surface area contributed by atoms with Crippen molar-refractivity contribution < 1.29 is 23.1 Å². The molecule has 0 aromatic carbocycles. The van der Waals surface area contributed by atoms with Crippen molar-refractivity contribution in [1.29, 1.82) is 0 Å². The molecule has 3 N–H and O–H groups in total. The fraction of sp³-hybridized carbons (Fsp3) is 1.00. The molecule has 2 heterocycles. The highest BCUT2D eigenvalue weighted by Crippen LogP contribution is 2.54. The van der Waals surface area contributed by atoms with Gasteiger partial charge >= 0.3 is 7.60 Å². The first-order chi connectivity index (χ1) is 15.7. The van der Waals surface area contributed by atoms with Gasteiger partial charge in [0.05, 0.1) is 29.1 Å². The predicted molar refractivity (Wildman–Crippen MR) is 155 cm³/mol. The Morgan fingerprint density at radius 2 is 1.63 bits per heavy atom. The molecular formula is C24H52N2O5P2S2. The van der Waals surface area contributed by atoms with E-state index in [2.05, 4.69) is 66.0 Å². The van der Waals surface area contributed by atoms with Gasteiger partial charge in [-0.1, -0.05) is 27.7 Å². The molecule has 7 nitrogen and oxygen atoms in total. The van der Waals surface area contributed by atoms with Crippen LogP contribution in [0.1, 0.15) is 83.1 Å². The SMILES string of the molecule is CC(C)COP(=O)(O)C(C)C1NC(C(C)C)SC1(C)C.CCO[PH](=O)CC1NC(C)(C)SC1(C)C. The lowest BCUT2D eigenvalue weighted by molar-refractivity contribution is 0.216. The number of hydrogen-bond donors (Lipinski definition) is 3. The molecule has 6 unspecified atom stereocenters. The van der Waals surface area contributed by atoms with E-state index in [0.29, 0.717) is 30.7 Å². The van der Waals surface area contributed by atoms with Gasteiger partial charge < -0.3 is 19.3 Å². The summed E-state index contributed by atoms with van der Waals surface area (Å²) in [7, 11) is -5.47. The minimum Gasteiger partial charge on any atom is -0.331 e. The van der Waals surface area contributed by atoms with Crippen LogP contribution in [0.2, 0.25) is 0 Å². The molecular weight excluding hydrogens is 522 g/mol. The zero-order valence-electron chi connectivity index (χ0n) is 23.9. The normalized spacial score (nSPS) is 30.5. The van der Waals surface area contributed by atoms with E-state index in [4.69, 9.17) is 9.05 Å². The number of nitrogens with one attached hydrogen (secondary N) is 2. The second-order valence-corrected chi connectivity index (χ2v) is 19.7. The van der Waals surface area contributed by atoms with Gasteiger partial charge in [-0.25, -0.2) is 0 Å². The summed E-state index contributed by atoms with van der Waals surface area (Å²) in [5.41, 5.74) is -0.410. The molecule has 0 spiro atoms. The Morgan fingerprint density at radius 3 is 2.03 bits per heavy atom. The first-order valence-corrected chi connectivity index (χ1v) is 17.6.